The lowest BCUT2D eigenvalue weighted by Gasteiger charge is -2.30. The molecule has 0 spiro atoms. The molecule has 3 nitrogen and oxygen atoms in total. The molecule has 124 valence electrons. The number of carbonyl (C=O) groups is 1. The normalized spacial score (nSPS) is 12.3. The molecule has 0 bridgehead atoms. The minimum Gasteiger partial charge on any atom is -0.481 e. The van der Waals surface area contributed by atoms with Crippen molar-refractivity contribution in [2.45, 2.75) is 9.79 Å². The number of carbonyl (C=O) groups excluding carboxylic acids is 1. The van der Waals surface area contributed by atoms with Gasteiger partial charge in [0.25, 0.3) is 5.91 Å². The highest BCUT2D eigenvalue weighted by atomic mass is 32.2. The first-order chi connectivity index (χ1) is 12.2. The molecule has 0 aromatic heterocycles. The van der Waals surface area contributed by atoms with Gasteiger partial charge in [-0.05, 0) is 36.4 Å². The van der Waals surface area contributed by atoms with Gasteiger partial charge in [0.05, 0.1) is 11.4 Å². The summed E-state index contributed by atoms with van der Waals surface area (Å²) < 4.78 is 19.1. The van der Waals surface area contributed by atoms with E-state index in [0.29, 0.717) is 0 Å². The summed E-state index contributed by atoms with van der Waals surface area (Å²) in [6.07, 6.45) is 0. The smallest absolute Gasteiger partial charge is 0.269 e. The number of fused-ring (bicyclic) bond motifs is 2. The van der Waals surface area contributed by atoms with Crippen LogP contribution in [-0.2, 0) is 4.79 Å². The standard InChI is InChI=1S/C20H14FNO2S/c21-14-7-1-4-10-17(14)24-13-20(23)22-15-8-2-5-11-18(15)25-19-12-6-3-9-16(19)22/h1-12H,13H2. The maximum absolute atomic E-state index is 13.7. The first-order valence-corrected chi connectivity index (χ1v) is 8.62. The summed E-state index contributed by atoms with van der Waals surface area (Å²) in [5, 5.41) is 0. The summed E-state index contributed by atoms with van der Waals surface area (Å²) in [5.41, 5.74) is 1.63. The van der Waals surface area contributed by atoms with Crippen molar-refractivity contribution in [3.8, 4) is 5.75 Å². The number of nitrogens with zero attached hydrogens (tertiary/aromatic N) is 1. The highest BCUT2D eigenvalue weighted by molar-refractivity contribution is 7.99. The van der Waals surface area contributed by atoms with Gasteiger partial charge in [0.1, 0.15) is 0 Å². The van der Waals surface area contributed by atoms with Crippen LogP contribution in [0.5, 0.6) is 5.75 Å². The Hall–Kier alpha value is -2.79. The molecule has 0 aliphatic carbocycles. The van der Waals surface area contributed by atoms with Gasteiger partial charge in [0, 0.05) is 9.79 Å². The molecule has 5 heteroatoms. The predicted octanol–water partition coefficient (Wildman–Crippen LogP) is 5.03. The van der Waals surface area contributed by atoms with Crippen LogP contribution in [0.4, 0.5) is 15.8 Å². The van der Waals surface area contributed by atoms with Crippen LogP contribution in [0, 0.1) is 5.82 Å². The second-order valence-electron chi connectivity index (χ2n) is 5.49. The summed E-state index contributed by atoms with van der Waals surface area (Å²) in [4.78, 5) is 16.5. The molecule has 1 aliphatic heterocycles. The Morgan fingerprint density at radius 2 is 1.44 bits per heavy atom. The molecule has 0 unspecified atom stereocenters. The SMILES string of the molecule is O=C(COc1ccccc1F)N1c2ccccc2Sc2ccccc21. The highest BCUT2D eigenvalue weighted by Crippen LogP contribution is 2.47. The van der Waals surface area contributed by atoms with Crippen LogP contribution in [0.25, 0.3) is 0 Å². The number of hydrogen-bond donors (Lipinski definition) is 0. The Bertz CT molecular complexity index is 899. The molecule has 0 atom stereocenters. The molecule has 0 saturated heterocycles. The Labute approximate surface area is 149 Å². The van der Waals surface area contributed by atoms with E-state index in [1.54, 1.807) is 28.8 Å². The van der Waals surface area contributed by atoms with E-state index in [1.807, 2.05) is 48.5 Å². The lowest BCUT2D eigenvalue weighted by atomic mass is 10.2. The molecule has 0 N–H and O–H groups in total. The molecule has 1 aliphatic rings. The molecule has 1 heterocycles. The first-order valence-electron chi connectivity index (χ1n) is 7.80. The third kappa shape index (κ3) is 2.98. The molecular weight excluding hydrogens is 337 g/mol. The molecule has 0 fully saturated rings. The summed E-state index contributed by atoms with van der Waals surface area (Å²) in [7, 11) is 0. The number of anilines is 2. The second-order valence-corrected chi connectivity index (χ2v) is 6.57. The summed E-state index contributed by atoms with van der Waals surface area (Å²) in [5.74, 6) is -0.655. The van der Waals surface area contributed by atoms with Crippen LogP contribution < -0.4 is 9.64 Å². The van der Waals surface area contributed by atoms with Crippen molar-refractivity contribution in [1.29, 1.82) is 0 Å². The highest BCUT2D eigenvalue weighted by Gasteiger charge is 2.28. The fourth-order valence-corrected chi connectivity index (χ4v) is 3.80. The van der Waals surface area contributed by atoms with Crippen molar-refractivity contribution in [2.24, 2.45) is 0 Å². The van der Waals surface area contributed by atoms with Crippen molar-refractivity contribution in [3.05, 3.63) is 78.6 Å². The monoisotopic (exact) mass is 351 g/mol. The molecule has 3 aromatic rings. The summed E-state index contributed by atoms with van der Waals surface area (Å²) in [6, 6.07) is 21.5. The zero-order valence-electron chi connectivity index (χ0n) is 13.2. The lowest BCUT2D eigenvalue weighted by Crippen LogP contribution is -2.32. The van der Waals surface area contributed by atoms with Crippen LogP contribution in [0.15, 0.2) is 82.6 Å². The van der Waals surface area contributed by atoms with Crippen LogP contribution in [0.3, 0.4) is 0 Å². The Balaban J connectivity index is 1.65. The molecule has 25 heavy (non-hydrogen) atoms. The molecule has 3 aromatic carbocycles. The zero-order chi connectivity index (χ0) is 17.2. The second kappa shape index (κ2) is 6.61. The summed E-state index contributed by atoms with van der Waals surface area (Å²) >= 11 is 1.63. The van der Waals surface area contributed by atoms with E-state index in [1.165, 1.54) is 12.1 Å². The van der Waals surface area contributed by atoms with Gasteiger partial charge in [-0.25, -0.2) is 4.39 Å². The summed E-state index contributed by atoms with van der Waals surface area (Å²) in [6.45, 7) is -0.242. The van der Waals surface area contributed by atoms with Crippen molar-refractivity contribution in [2.75, 3.05) is 11.5 Å². The third-order valence-electron chi connectivity index (χ3n) is 3.87. The van der Waals surface area contributed by atoms with Gasteiger partial charge in [-0.15, -0.1) is 0 Å². The molecular formula is C20H14FNO2S. The van der Waals surface area contributed by atoms with Gasteiger partial charge in [0.2, 0.25) is 0 Å². The van der Waals surface area contributed by atoms with Crippen molar-refractivity contribution in [3.63, 3.8) is 0 Å². The van der Waals surface area contributed by atoms with Crippen molar-refractivity contribution >= 4 is 29.0 Å². The van der Waals surface area contributed by atoms with Gasteiger partial charge in [0.15, 0.2) is 18.2 Å². The molecule has 4 rings (SSSR count). The Morgan fingerprint density at radius 1 is 0.880 bits per heavy atom. The lowest BCUT2D eigenvalue weighted by molar-refractivity contribution is -0.119. The number of rotatable bonds is 3. The van der Waals surface area contributed by atoms with Crippen LogP contribution >= 0.6 is 11.8 Å². The first kappa shape index (κ1) is 15.7. The van der Waals surface area contributed by atoms with E-state index in [-0.39, 0.29) is 18.3 Å². The van der Waals surface area contributed by atoms with Crippen LogP contribution in [-0.4, -0.2) is 12.5 Å². The Morgan fingerprint density at radius 3 is 2.08 bits per heavy atom. The van der Waals surface area contributed by atoms with E-state index in [4.69, 9.17) is 4.74 Å². The fourth-order valence-electron chi connectivity index (χ4n) is 2.74. The van der Waals surface area contributed by atoms with Crippen molar-refractivity contribution in [1.82, 2.24) is 0 Å². The largest absolute Gasteiger partial charge is 0.481 e. The van der Waals surface area contributed by atoms with Crippen LogP contribution in [0.2, 0.25) is 0 Å². The molecule has 0 saturated carbocycles. The van der Waals surface area contributed by atoms with Gasteiger partial charge >= 0.3 is 0 Å². The number of benzene rings is 3. The predicted molar refractivity (Wildman–Crippen MR) is 96.0 cm³/mol. The number of hydrogen-bond acceptors (Lipinski definition) is 3. The number of para-hydroxylation sites is 3. The van der Waals surface area contributed by atoms with Gasteiger partial charge in [-0.3, -0.25) is 9.69 Å². The van der Waals surface area contributed by atoms with Gasteiger partial charge < -0.3 is 4.74 Å². The maximum atomic E-state index is 13.7. The van der Waals surface area contributed by atoms with Crippen LogP contribution in [0.1, 0.15) is 0 Å². The average molecular weight is 351 g/mol. The number of ether oxygens (including phenoxy) is 1. The maximum Gasteiger partial charge on any atom is 0.269 e. The van der Waals surface area contributed by atoms with E-state index in [2.05, 4.69) is 0 Å². The minimum atomic E-state index is -0.481. The van der Waals surface area contributed by atoms with E-state index in [0.717, 1.165) is 21.2 Å². The van der Waals surface area contributed by atoms with E-state index in [9.17, 15) is 9.18 Å². The van der Waals surface area contributed by atoms with E-state index >= 15 is 0 Å². The Kier molecular flexibility index (Phi) is 4.15. The van der Waals surface area contributed by atoms with Crippen molar-refractivity contribution < 1.29 is 13.9 Å². The quantitative estimate of drug-likeness (QED) is 0.662. The topological polar surface area (TPSA) is 29.5 Å². The zero-order valence-corrected chi connectivity index (χ0v) is 14.0. The third-order valence-corrected chi connectivity index (χ3v) is 5.00. The van der Waals surface area contributed by atoms with E-state index < -0.39 is 5.82 Å². The minimum absolute atomic E-state index is 0.0730. The molecule has 1 amide bonds. The number of amides is 1. The fraction of sp³-hybridized carbons (Fsp3) is 0.0500. The molecule has 0 radical (unpaired) electrons. The van der Waals surface area contributed by atoms with Gasteiger partial charge in [-0.2, -0.15) is 0 Å². The average Bonchev–Trinajstić information content (AvgIpc) is 2.65. The van der Waals surface area contributed by atoms with Gasteiger partial charge in [-0.1, -0.05) is 48.2 Å². The number of halogens is 1.